The molecule has 6 nitrogen and oxygen atoms in total. The van der Waals surface area contributed by atoms with Gasteiger partial charge in [0.25, 0.3) is 17.7 Å². The second-order valence-corrected chi connectivity index (χ2v) is 6.96. The van der Waals surface area contributed by atoms with Crippen LogP contribution in [0.4, 0.5) is 4.39 Å². The van der Waals surface area contributed by atoms with Crippen LogP contribution in [0.25, 0.3) is 0 Å². The summed E-state index contributed by atoms with van der Waals surface area (Å²) in [7, 11) is 0. The number of benzene rings is 2. The molecule has 1 atom stereocenters. The van der Waals surface area contributed by atoms with Crippen molar-refractivity contribution in [3.05, 3.63) is 70.5 Å². The summed E-state index contributed by atoms with van der Waals surface area (Å²) in [6.07, 6.45) is 0. The topological polar surface area (TPSA) is 87.3 Å². The van der Waals surface area contributed by atoms with Gasteiger partial charge in [-0.05, 0) is 55.7 Å². The summed E-state index contributed by atoms with van der Waals surface area (Å²) >= 11 is 0. The van der Waals surface area contributed by atoms with Gasteiger partial charge in [0.1, 0.15) is 11.9 Å². The van der Waals surface area contributed by atoms with Crippen LogP contribution < -0.4 is 16.2 Å². The number of hydrogen-bond donors (Lipinski definition) is 3. The second kappa shape index (κ2) is 9.12. The third kappa shape index (κ3) is 5.39. The lowest BCUT2D eigenvalue weighted by molar-refractivity contribution is -0.124. The van der Waals surface area contributed by atoms with Crippen molar-refractivity contribution in [2.45, 2.75) is 33.7 Å². The fraction of sp³-hybridized carbons (Fsp3) is 0.286. The molecule has 0 heterocycles. The number of halogens is 1. The molecule has 148 valence electrons. The van der Waals surface area contributed by atoms with Gasteiger partial charge in [-0.15, -0.1) is 0 Å². The molecule has 0 saturated carbocycles. The molecule has 0 aliphatic heterocycles. The first-order valence-corrected chi connectivity index (χ1v) is 8.93. The largest absolute Gasteiger partial charge is 0.340 e. The Morgan fingerprint density at radius 2 is 1.54 bits per heavy atom. The lowest BCUT2D eigenvalue weighted by atomic mass is 10.0. The third-order valence-electron chi connectivity index (χ3n) is 4.27. The van der Waals surface area contributed by atoms with Gasteiger partial charge in [0.15, 0.2) is 0 Å². The van der Waals surface area contributed by atoms with Gasteiger partial charge in [-0.3, -0.25) is 25.2 Å². The highest BCUT2D eigenvalue weighted by Crippen LogP contribution is 2.10. The first-order valence-electron chi connectivity index (χ1n) is 8.93. The smallest absolute Gasteiger partial charge is 0.269 e. The van der Waals surface area contributed by atoms with E-state index in [2.05, 4.69) is 16.2 Å². The number of carbonyl (C=O) groups excluding carboxylic acids is 3. The maximum Gasteiger partial charge on any atom is 0.269 e. The summed E-state index contributed by atoms with van der Waals surface area (Å²) in [6.45, 7) is 7.26. The minimum absolute atomic E-state index is 0.234. The molecule has 28 heavy (non-hydrogen) atoms. The summed E-state index contributed by atoms with van der Waals surface area (Å²) < 4.78 is 13.0. The normalized spacial score (nSPS) is 11.6. The van der Waals surface area contributed by atoms with Gasteiger partial charge in [0.05, 0.1) is 0 Å². The molecule has 7 heteroatoms. The van der Waals surface area contributed by atoms with E-state index in [4.69, 9.17) is 0 Å². The SMILES string of the molecule is Cc1ccc(C(=O)NNC(=O)[C@H](NC(=O)c2ccc(F)cc2)C(C)C)c(C)c1. The van der Waals surface area contributed by atoms with E-state index >= 15 is 0 Å². The minimum atomic E-state index is -0.878. The molecule has 0 fully saturated rings. The van der Waals surface area contributed by atoms with Crippen molar-refractivity contribution in [3.63, 3.8) is 0 Å². The molecule has 2 rings (SSSR count). The van der Waals surface area contributed by atoms with Gasteiger partial charge in [-0.1, -0.05) is 31.5 Å². The van der Waals surface area contributed by atoms with Crippen molar-refractivity contribution in [2.24, 2.45) is 5.92 Å². The van der Waals surface area contributed by atoms with Gasteiger partial charge < -0.3 is 5.32 Å². The zero-order valence-corrected chi connectivity index (χ0v) is 16.3. The van der Waals surface area contributed by atoms with Crippen molar-refractivity contribution < 1.29 is 18.8 Å². The maximum atomic E-state index is 13.0. The van der Waals surface area contributed by atoms with E-state index in [-0.39, 0.29) is 11.5 Å². The molecule has 3 amide bonds. The van der Waals surface area contributed by atoms with Gasteiger partial charge in [-0.2, -0.15) is 0 Å². The molecule has 0 aromatic heterocycles. The molecule has 0 bridgehead atoms. The van der Waals surface area contributed by atoms with Crippen molar-refractivity contribution in [1.82, 2.24) is 16.2 Å². The molecule has 0 saturated heterocycles. The molecule has 0 radical (unpaired) electrons. The number of nitrogens with one attached hydrogen (secondary N) is 3. The molecular formula is C21H24FN3O3. The number of aryl methyl sites for hydroxylation is 2. The molecule has 2 aromatic rings. The van der Waals surface area contributed by atoms with Crippen LogP contribution in [0, 0.1) is 25.6 Å². The Kier molecular flexibility index (Phi) is 6.87. The van der Waals surface area contributed by atoms with Gasteiger partial charge in [0, 0.05) is 11.1 Å². The van der Waals surface area contributed by atoms with E-state index in [0.29, 0.717) is 5.56 Å². The van der Waals surface area contributed by atoms with Crippen molar-refractivity contribution in [3.8, 4) is 0 Å². The number of carbonyl (C=O) groups is 3. The zero-order chi connectivity index (χ0) is 20.8. The molecule has 0 unspecified atom stereocenters. The molecular weight excluding hydrogens is 361 g/mol. The summed E-state index contributed by atoms with van der Waals surface area (Å²) in [4.78, 5) is 37.1. The van der Waals surface area contributed by atoms with E-state index in [9.17, 15) is 18.8 Å². The van der Waals surface area contributed by atoms with E-state index < -0.39 is 29.6 Å². The van der Waals surface area contributed by atoms with Crippen molar-refractivity contribution in [2.75, 3.05) is 0 Å². The molecule has 0 aliphatic rings. The van der Waals surface area contributed by atoms with Crippen LogP contribution in [0.2, 0.25) is 0 Å². The number of rotatable bonds is 5. The first kappa shape index (κ1) is 21.1. The highest BCUT2D eigenvalue weighted by Gasteiger charge is 2.25. The maximum absolute atomic E-state index is 13.0. The summed E-state index contributed by atoms with van der Waals surface area (Å²) in [5.41, 5.74) is 7.23. The average molecular weight is 385 g/mol. The highest BCUT2D eigenvalue weighted by atomic mass is 19.1. The lowest BCUT2D eigenvalue weighted by Crippen LogP contribution is -2.54. The van der Waals surface area contributed by atoms with Crippen LogP contribution in [0.3, 0.4) is 0 Å². The standard InChI is InChI=1S/C21H24FN3O3/c1-12(2)18(23-19(26)15-6-8-16(22)9-7-15)21(28)25-24-20(27)17-10-5-13(3)11-14(17)4/h5-12,18H,1-4H3,(H,23,26)(H,24,27)(H,25,28)/t18-/m1/s1. The Morgan fingerprint density at radius 1 is 0.893 bits per heavy atom. The zero-order valence-electron chi connectivity index (χ0n) is 16.3. The highest BCUT2D eigenvalue weighted by molar-refractivity contribution is 5.99. The van der Waals surface area contributed by atoms with E-state index in [1.807, 2.05) is 26.0 Å². The monoisotopic (exact) mass is 385 g/mol. The third-order valence-corrected chi connectivity index (χ3v) is 4.27. The van der Waals surface area contributed by atoms with Crippen LogP contribution in [0.5, 0.6) is 0 Å². The predicted molar refractivity (Wildman–Crippen MR) is 104 cm³/mol. The second-order valence-electron chi connectivity index (χ2n) is 6.96. The summed E-state index contributed by atoms with van der Waals surface area (Å²) in [5, 5.41) is 2.61. The lowest BCUT2D eigenvalue weighted by Gasteiger charge is -2.22. The van der Waals surface area contributed by atoms with Crippen LogP contribution >= 0.6 is 0 Å². The van der Waals surface area contributed by atoms with Gasteiger partial charge in [-0.25, -0.2) is 4.39 Å². The summed E-state index contributed by atoms with van der Waals surface area (Å²) in [5.74, 6) is -2.19. The van der Waals surface area contributed by atoms with E-state index in [0.717, 1.165) is 11.1 Å². The first-order chi connectivity index (χ1) is 13.2. The molecule has 0 aliphatic carbocycles. The Hall–Kier alpha value is -3.22. The number of hydrogen-bond acceptors (Lipinski definition) is 3. The van der Waals surface area contributed by atoms with E-state index in [1.165, 1.54) is 24.3 Å². The van der Waals surface area contributed by atoms with Crippen molar-refractivity contribution in [1.29, 1.82) is 0 Å². The van der Waals surface area contributed by atoms with Crippen LogP contribution in [0.15, 0.2) is 42.5 Å². The number of hydrazine groups is 1. The summed E-state index contributed by atoms with van der Waals surface area (Å²) in [6, 6.07) is 9.50. The average Bonchev–Trinajstić information content (AvgIpc) is 2.64. The van der Waals surface area contributed by atoms with Crippen LogP contribution in [-0.2, 0) is 4.79 Å². The Morgan fingerprint density at radius 3 is 2.11 bits per heavy atom. The Balaban J connectivity index is 2.01. The van der Waals surface area contributed by atoms with Crippen LogP contribution in [0.1, 0.15) is 45.7 Å². The van der Waals surface area contributed by atoms with Gasteiger partial charge in [0.2, 0.25) is 0 Å². The fourth-order valence-corrected chi connectivity index (χ4v) is 2.69. The van der Waals surface area contributed by atoms with E-state index in [1.54, 1.807) is 19.9 Å². The predicted octanol–water partition coefficient (Wildman–Crippen LogP) is 2.66. The van der Waals surface area contributed by atoms with Gasteiger partial charge >= 0.3 is 0 Å². The molecule has 3 N–H and O–H groups in total. The fourth-order valence-electron chi connectivity index (χ4n) is 2.69. The Bertz CT molecular complexity index is 879. The quantitative estimate of drug-likeness (QED) is 0.692. The van der Waals surface area contributed by atoms with Crippen LogP contribution in [-0.4, -0.2) is 23.8 Å². The van der Waals surface area contributed by atoms with Crippen molar-refractivity contribution >= 4 is 17.7 Å². The number of amides is 3. The minimum Gasteiger partial charge on any atom is -0.340 e. The Labute approximate surface area is 163 Å². The molecule has 0 spiro atoms. The molecule has 2 aromatic carbocycles.